The Kier molecular flexibility index (Phi) is 8.49. The fraction of sp³-hybridized carbons (Fsp3) is 0.520. The summed E-state index contributed by atoms with van der Waals surface area (Å²) in [4.78, 5) is 0. The third-order valence-corrected chi connectivity index (χ3v) is 6.21. The highest BCUT2D eigenvalue weighted by atomic mass is 19.4. The molecule has 0 atom stereocenters. The lowest BCUT2D eigenvalue weighted by Crippen LogP contribution is -2.20. The fourth-order valence-corrected chi connectivity index (χ4v) is 4.49. The van der Waals surface area contributed by atoms with E-state index in [1.165, 1.54) is 25.0 Å². The van der Waals surface area contributed by atoms with Crippen molar-refractivity contribution < 1.29 is 40.2 Å². The molecule has 1 fully saturated rings. The second kappa shape index (κ2) is 11.0. The Bertz CT molecular complexity index is 910. The summed E-state index contributed by atoms with van der Waals surface area (Å²) >= 11 is 0. The summed E-state index contributed by atoms with van der Waals surface area (Å²) in [5, 5.41) is 0. The summed E-state index contributed by atoms with van der Waals surface area (Å²) in [7, 11) is 0. The largest absolute Gasteiger partial charge is 0.573 e. The first-order valence-corrected chi connectivity index (χ1v) is 11.3. The van der Waals surface area contributed by atoms with Gasteiger partial charge in [-0.05, 0) is 67.2 Å². The molecule has 0 spiro atoms. The number of hydrogen-bond donors (Lipinski definition) is 0. The van der Waals surface area contributed by atoms with Crippen molar-refractivity contribution in [3.05, 3.63) is 64.7 Å². The molecule has 2 nitrogen and oxygen atoms in total. The predicted octanol–water partition coefficient (Wildman–Crippen LogP) is 8.25. The average Bonchev–Trinajstić information content (AvgIpc) is 2.76. The topological polar surface area (TPSA) is 18.5 Å². The molecule has 2 aromatic carbocycles. The van der Waals surface area contributed by atoms with Crippen molar-refractivity contribution in [3.8, 4) is 5.75 Å². The maximum atomic E-state index is 14.5. The van der Waals surface area contributed by atoms with E-state index < -0.39 is 36.5 Å². The lowest BCUT2D eigenvalue weighted by molar-refractivity contribution is -0.276. The fourth-order valence-electron chi connectivity index (χ4n) is 4.49. The SMILES string of the molecule is CCC[C@H]1CC[C@H](c2ccc(C(F)(F)OCCc3cc(F)c(OC(F)(F)F)c(F)c3)cc2)CC1. The maximum Gasteiger partial charge on any atom is 0.573 e. The van der Waals surface area contributed by atoms with Gasteiger partial charge in [-0.1, -0.05) is 44.0 Å². The first-order valence-electron chi connectivity index (χ1n) is 11.3. The lowest BCUT2D eigenvalue weighted by atomic mass is 9.77. The van der Waals surface area contributed by atoms with Gasteiger partial charge in [0.25, 0.3) is 0 Å². The lowest BCUT2D eigenvalue weighted by Gasteiger charge is -2.29. The van der Waals surface area contributed by atoms with Gasteiger partial charge in [-0.2, -0.15) is 8.78 Å². The van der Waals surface area contributed by atoms with Crippen LogP contribution in [0.5, 0.6) is 5.75 Å². The van der Waals surface area contributed by atoms with E-state index in [0.29, 0.717) is 18.1 Å². The highest BCUT2D eigenvalue weighted by molar-refractivity contribution is 5.32. The van der Waals surface area contributed by atoms with Gasteiger partial charge in [-0.25, -0.2) is 8.78 Å². The second-order valence-electron chi connectivity index (χ2n) is 8.68. The van der Waals surface area contributed by atoms with Crippen LogP contribution in [0.25, 0.3) is 0 Å². The van der Waals surface area contributed by atoms with E-state index in [4.69, 9.17) is 0 Å². The second-order valence-corrected chi connectivity index (χ2v) is 8.68. The third kappa shape index (κ3) is 7.10. The molecule has 9 heteroatoms. The van der Waals surface area contributed by atoms with Crippen molar-refractivity contribution in [1.82, 2.24) is 0 Å². The standard InChI is InChI=1S/C25H27F7O2/c1-2-3-16-4-6-18(7-5-16)19-8-10-20(11-9-19)24(28,29)33-13-12-17-14-21(26)23(22(27)15-17)34-25(30,31)32/h8-11,14-16,18H,2-7,12-13H2,1H3/t16-,18-. The summed E-state index contributed by atoms with van der Waals surface area (Å²) < 4.78 is 101. The van der Waals surface area contributed by atoms with Crippen LogP contribution in [0.15, 0.2) is 36.4 Å². The molecule has 0 saturated heterocycles. The van der Waals surface area contributed by atoms with Crippen LogP contribution in [0, 0.1) is 17.6 Å². The molecule has 1 saturated carbocycles. The Morgan fingerprint density at radius 2 is 1.47 bits per heavy atom. The molecule has 0 unspecified atom stereocenters. The average molecular weight is 492 g/mol. The molecule has 2 aromatic rings. The first-order chi connectivity index (χ1) is 16.0. The minimum atomic E-state index is -5.27. The molecule has 0 bridgehead atoms. The van der Waals surface area contributed by atoms with E-state index in [1.807, 2.05) is 0 Å². The van der Waals surface area contributed by atoms with E-state index in [1.54, 1.807) is 12.1 Å². The summed E-state index contributed by atoms with van der Waals surface area (Å²) in [6.45, 7) is 1.57. The van der Waals surface area contributed by atoms with Crippen molar-refractivity contribution in [1.29, 1.82) is 0 Å². The number of ether oxygens (including phenoxy) is 2. The van der Waals surface area contributed by atoms with Crippen LogP contribution < -0.4 is 4.74 Å². The Balaban J connectivity index is 1.55. The zero-order valence-electron chi connectivity index (χ0n) is 18.7. The van der Waals surface area contributed by atoms with E-state index in [0.717, 1.165) is 37.2 Å². The van der Waals surface area contributed by atoms with Crippen LogP contribution in [-0.4, -0.2) is 13.0 Å². The Labute approximate surface area is 194 Å². The van der Waals surface area contributed by atoms with Crippen LogP contribution in [0.1, 0.15) is 68.1 Å². The normalized spacial score (nSPS) is 19.3. The van der Waals surface area contributed by atoms with E-state index in [2.05, 4.69) is 16.4 Å². The Morgan fingerprint density at radius 1 is 0.882 bits per heavy atom. The molecule has 1 aliphatic carbocycles. The smallest absolute Gasteiger partial charge is 0.399 e. The van der Waals surface area contributed by atoms with Crippen LogP contribution in [0.4, 0.5) is 30.7 Å². The molecule has 0 aromatic heterocycles. The number of hydrogen-bond acceptors (Lipinski definition) is 2. The minimum absolute atomic E-state index is 0.144. The summed E-state index contributed by atoms with van der Waals surface area (Å²) in [5.74, 6) is -3.67. The zero-order valence-corrected chi connectivity index (χ0v) is 18.7. The quantitative estimate of drug-likeness (QED) is 0.328. The molecule has 3 rings (SSSR count). The van der Waals surface area contributed by atoms with Gasteiger partial charge in [0.2, 0.25) is 5.75 Å². The van der Waals surface area contributed by atoms with Gasteiger partial charge in [-0.3, -0.25) is 0 Å². The summed E-state index contributed by atoms with van der Waals surface area (Å²) in [5.41, 5.74) is 0.526. The van der Waals surface area contributed by atoms with Crippen molar-refractivity contribution in [3.63, 3.8) is 0 Å². The molecular weight excluding hydrogens is 465 g/mol. The summed E-state index contributed by atoms with van der Waals surface area (Å²) in [6.07, 6.45) is -2.48. The van der Waals surface area contributed by atoms with Crippen LogP contribution in [0.2, 0.25) is 0 Å². The maximum absolute atomic E-state index is 14.5. The van der Waals surface area contributed by atoms with Gasteiger partial charge in [0.05, 0.1) is 12.2 Å². The monoisotopic (exact) mass is 492 g/mol. The Hall–Kier alpha value is -2.29. The number of halogens is 7. The van der Waals surface area contributed by atoms with Crippen molar-refractivity contribution in [2.45, 2.75) is 70.3 Å². The molecular formula is C25H27F7O2. The minimum Gasteiger partial charge on any atom is -0.399 e. The van der Waals surface area contributed by atoms with E-state index in [-0.39, 0.29) is 17.5 Å². The zero-order chi connectivity index (χ0) is 24.9. The van der Waals surface area contributed by atoms with Crippen LogP contribution in [-0.2, 0) is 17.3 Å². The van der Waals surface area contributed by atoms with Gasteiger partial charge in [-0.15, -0.1) is 13.2 Å². The predicted molar refractivity (Wildman–Crippen MR) is 113 cm³/mol. The van der Waals surface area contributed by atoms with Crippen molar-refractivity contribution in [2.75, 3.05) is 6.61 Å². The van der Waals surface area contributed by atoms with Gasteiger partial charge in [0.15, 0.2) is 11.6 Å². The Morgan fingerprint density at radius 3 is 2.00 bits per heavy atom. The molecule has 0 aliphatic heterocycles. The highest BCUT2D eigenvalue weighted by Gasteiger charge is 2.35. The van der Waals surface area contributed by atoms with E-state index >= 15 is 0 Å². The third-order valence-electron chi connectivity index (χ3n) is 6.21. The van der Waals surface area contributed by atoms with Crippen molar-refractivity contribution >= 4 is 0 Å². The molecule has 1 aliphatic rings. The molecule has 0 heterocycles. The number of alkyl halides is 5. The molecule has 34 heavy (non-hydrogen) atoms. The van der Waals surface area contributed by atoms with E-state index in [9.17, 15) is 30.7 Å². The number of benzene rings is 2. The van der Waals surface area contributed by atoms with Gasteiger partial charge >= 0.3 is 12.5 Å². The van der Waals surface area contributed by atoms with Crippen LogP contribution in [0.3, 0.4) is 0 Å². The first kappa shape index (κ1) is 26.3. The van der Waals surface area contributed by atoms with Gasteiger partial charge in [0.1, 0.15) is 0 Å². The highest BCUT2D eigenvalue weighted by Crippen LogP contribution is 2.38. The van der Waals surface area contributed by atoms with Crippen molar-refractivity contribution in [2.24, 2.45) is 5.92 Å². The summed E-state index contributed by atoms with van der Waals surface area (Å²) in [6, 6.07) is 7.18. The van der Waals surface area contributed by atoms with Gasteiger partial charge < -0.3 is 9.47 Å². The molecule has 0 radical (unpaired) electrons. The van der Waals surface area contributed by atoms with Crippen LogP contribution >= 0.6 is 0 Å². The number of rotatable bonds is 9. The molecule has 0 N–H and O–H groups in total. The molecule has 188 valence electrons. The van der Waals surface area contributed by atoms with Gasteiger partial charge in [0, 0.05) is 0 Å². The molecule has 0 amide bonds.